The lowest BCUT2D eigenvalue weighted by Gasteiger charge is -2.04. The normalized spacial score (nSPS) is 11.2. The highest BCUT2D eigenvalue weighted by molar-refractivity contribution is 5.86. The summed E-state index contributed by atoms with van der Waals surface area (Å²) in [5.74, 6) is -0.924. The molecule has 1 N–H and O–H groups in total. The second kappa shape index (κ2) is 5.91. The SMILES string of the molecule is C=C(CC(=Cc1ccccc1)CC)C(=O)O. The maximum absolute atomic E-state index is 10.7. The van der Waals surface area contributed by atoms with E-state index in [1.807, 2.05) is 43.3 Å². The quantitative estimate of drug-likeness (QED) is 0.765. The van der Waals surface area contributed by atoms with E-state index in [9.17, 15) is 4.79 Å². The number of hydrogen-bond donors (Lipinski definition) is 1. The van der Waals surface area contributed by atoms with E-state index in [1.54, 1.807) is 0 Å². The van der Waals surface area contributed by atoms with Crippen molar-refractivity contribution in [2.24, 2.45) is 0 Å². The third-order valence-electron chi connectivity index (χ3n) is 2.37. The molecule has 0 unspecified atom stereocenters. The monoisotopic (exact) mass is 216 g/mol. The molecule has 0 fully saturated rings. The molecule has 1 aromatic carbocycles. The Kier molecular flexibility index (Phi) is 4.52. The van der Waals surface area contributed by atoms with Gasteiger partial charge in [0, 0.05) is 12.0 Å². The van der Waals surface area contributed by atoms with Gasteiger partial charge in [-0.25, -0.2) is 4.79 Å². The lowest BCUT2D eigenvalue weighted by Crippen LogP contribution is -1.99. The molecule has 2 nitrogen and oxygen atoms in total. The molecule has 1 aromatic rings. The maximum atomic E-state index is 10.7. The predicted octanol–water partition coefficient (Wildman–Crippen LogP) is 3.51. The first-order valence-corrected chi connectivity index (χ1v) is 5.29. The molecule has 0 saturated carbocycles. The Balaban J connectivity index is 2.79. The number of carbonyl (C=O) groups is 1. The number of carboxylic acids is 1. The molecule has 0 amide bonds. The Hall–Kier alpha value is -1.83. The number of aliphatic carboxylic acids is 1. The molecule has 0 aliphatic carbocycles. The van der Waals surface area contributed by atoms with Gasteiger partial charge < -0.3 is 5.11 Å². The lowest BCUT2D eigenvalue weighted by atomic mass is 10.0. The average molecular weight is 216 g/mol. The first-order valence-electron chi connectivity index (χ1n) is 5.29. The zero-order chi connectivity index (χ0) is 12.0. The van der Waals surface area contributed by atoms with Gasteiger partial charge >= 0.3 is 5.97 Å². The Morgan fingerprint density at radius 2 is 2.00 bits per heavy atom. The highest BCUT2D eigenvalue weighted by Gasteiger charge is 2.05. The fourth-order valence-corrected chi connectivity index (χ4v) is 1.41. The van der Waals surface area contributed by atoms with Gasteiger partial charge in [-0.15, -0.1) is 0 Å². The second-order valence-electron chi connectivity index (χ2n) is 3.65. The van der Waals surface area contributed by atoms with E-state index in [-0.39, 0.29) is 5.57 Å². The van der Waals surface area contributed by atoms with Crippen molar-refractivity contribution in [2.75, 3.05) is 0 Å². The van der Waals surface area contributed by atoms with Crippen molar-refractivity contribution in [1.82, 2.24) is 0 Å². The van der Waals surface area contributed by atoms with Gasteiger partial charge in [-0.1, -0.05) is 55.5 Å². The second-order valence-corrected chi connectivity index (χ2v) is 3.65. The number of hydrogen-bond acceptors (Lipinski definition) is 1. The van der Waals surface area contributed by atoms with Crippen molar-refractivity contribution in [3.63, 3.8) is 0 Å². The van der Waals surface area contributed by atoms with Crippen LogP contribution in [0.4, 0.5) is 0 Å². The first-order chi connectivity index (χ1) is 7.63. The fourth-order valence-electron chi connectivity index (χ4n) is 1.41. The van der Waals surface area contributed by atoms with Gasteiger partial charge in [0.05, 0.1) is 0 Å². The zero-order valence-electron chi connectivity index (χ0n) is 9.44. The van der Waals surface area contributed by atoms with Crippen molar-refractivity contribution in [3.8, 4) is 0 Å². The van der Waals surface area contributed by atoms with Gasteiger partial charge in [-0.3, -0.25) is 0 Å². The van der Waals surface area contributed by atoms with E-state index >= 15 is 0 Å². The van der Waals surface area contributed by atoms with E-state index < -0.39 is 5.97 Å². The van der Waals surface area contributed by atoms with Gasteiger partial charge in [0.1, 0.15) is 0 Å². The van der Waals surface area contributed by atoms with E-state index in [0.29, 0.717) is 6.42 Å². The predicted molar refractivity (Wildman–Crippen MR) is 66.1 cm³/mol. The fraction of sp³-hybridized carbons (Fsp3) is 0.214. The third-order valence-corrected chi connectivity index (χ3v) is 2.37. The van der Waals surface area contributed by atoms with Gasteiger partial charge in [-0.2, -0.15) is 0 Å². The van der Waals surface area contributed by atoms with Crippen LogP contribution in [0.25, 0.3) is 6.08 Å². The number of rotatable bonds is 5. The Morgan fingerprint density at radius 1 is 1.38 bits per heavy atom. The summed E-state index contributed by atoms with van der Waals surface area (Å²) in [6, 6.07) is 9.88. The molecule has 16 heavy (non-hydrogen) atoms. The molecular formula is C14H16O2. The number of benzene rings is 1. The van der Waals surface area contributed by atoms with Crippen LogP contribution in [0.1, 0.15) is 25.3 Å². The van der Waals surface area contributed by atoms with Gasteiger partial charge in [-0.05, 0) is 12.0 Å². The summed E-state index contributed by atoms with van der Waals surface area (Å²) in [6.07, 6.45) is 3.29. The van der Waals surface area contributed by atoms with E-state index in [1.165, 1.54) is 0 Å². The summed E-state index contributed by atoms with van der Waals surface area (Å²) in [5, 5.41) is 8.77. The molecular weight excluding hydrogens is 200 g/mol. The Bertz CT molecular complexity index is 402. The van der Waals surface area contributed by atoms with Crippen LogP contribution in [0.2, 0.25) is 0 Å². The summed E-state index contributed by atoms with van der Waals surface area (Å²) < 4.78 is 0. The zero-order valence-corrected chi connectivity index (χ0v) is 9.44. The molecule has 1 rings (SSSR count). The summed E-state index contributed by atoms with van der Waals surface area (Å²) in [6.45, 7) is 5.56. The molecule has 0 aromatic heterocycles. The molecule has 0 heterocycles. The van der Waals surface area contributed by atoms with Crippen molar-refractivity contribution in [3.05, 3.63) is 53.6 Å². The summed E-state index contributed by atoms with van der Waals surface area (Å²) in [5.41, 5.74) is 2.42. The summed E-state index contributed by atoms with van der Waals surface area (Å²) in [7, 11) is 0. The van der Waals surface area contributed by atoms with Crippen LogP contribution in [0, 0.1) is 0 Å². The molecule has 0 spiro atoms. The van der Waals surface area contributed by atoms with Crippen LogP contribution in [0.15, 0.2) is 48.1 Å². The highest BCUT2D eigenvalue weighted by Crippen LogP contribution is 2.17. The number of carboxylic acid groups (broad SMARTS) is 1. The minimum absolute atomic E-state index is 0.240. The third kappa shape index (κ3) is 3.73. The van der Waals surface area contributed by atoms with Crippen molar-refractivity contribution in [1.29, 1.82) is 0 Å². The first kappa shape index (κ1) is 12.2. The van der Waals surface area contributed by atoms with Crippen LogP contribution in [0.5, 0.6) is 0 Å². The van der Waals surface area contributed by atoms with Crippen molar-refractivity contribution in [2.45, 2.75) is 19.8 Å². The van der Waals surface area contributed by atoms with Crippen LogP contribution in [-0.4, -0.2) is 11.1 Å². The van der Waals surface area contributed by atoms with Crippen LogP contribution >= 0.6 is 0 Å². The smallest absolute Gasteiger partial charge is 0.331 e. The molecule has 84 valence electrons. The number of allylic oxidation sites excluding steroid dienone is 1. The highest BCUT2D eigenvalue weighted by atomic mass is 16.4. The van der Waals surface area contributed by atoms with E-state index in [2.05, 4.69) is 6.58 Å². The topological polar surface area (TPSA) is 37.3 Å². The van der Waals surface area contributed by atoms with Gasteiger partial charge in [0.15, 0.2) is 0 Å². The minimum Gasteiger partial charge on any atom is -0.478 e. The van der Waals surface area contributed by atoms with Crippen molar-refractivity contribution >= 4 is 12.0 Å². The van der Waals surface area contributed by atoms with Crippen molar-refractivity contribution < 1.29 is 9.90 Å². The molecule has 0 aliphatic rings. The lowest BCUT2D eigenvalue weighted by molar-refractivity contribution is -0.132. The molecule has 0 radical (unpaired) electrons. The largest absolute Gasteiger partial charge is 0.478 e. The Labute approximate surface area is 95.9 Å². The standard InChI is InChI=1S/C14H16O2/c1-3-12(9-11(2)14(15)16)10-13-7-5-4-6-8-13/h4-8,10H,2-3,9H2,1H3,(H,15,16). The van der Waals surface area contributed by atoms with Gasteiger partial charge in [0.2, 0.25) is 0 Å². The summed E-state index contributed by atoms with van der Waals surface area (Å²) >= 11 is 0. The summed E-state index contributed by atoms with van der Waals surface area (Å²) in [4.78, 5) is 10.7. The van der Waals surface area contributed by atoms with Gasteiger partial charge in [0.25, 0.3) is 0 Å². The maximum Gasteiger partial charge on any atom is 0.331 e. The van der Waals surface area contributed by atoms with Crippen LogP contribution in [-0.2, 0) is 4.79 Å². The molecule has 0 atom stereocenters. The average Bonchev–Trinajstić information content (AvgIpc) is 2.29. The van der Waals surface area contributed by atoms with Crippen LogP contribution in [0.3, 0.4) is 0 Å². The Morgan fingerprint density at radius 3 is 2.50 bits per heavy atom. The van der Waals surface area contributed by atoms with E-state index in [0.717, 1.165) is 17.6 Å². The minimum atomic E-state index is -0.924. The van der Waals surface area contributed by atoms with Crippen LogP contribution < -0.4 is 0 Å². The molecule has 2 heteroatoms. The molecule has 0 saturated heterocycles. The van der Waals surface area contributed by atoms with E-state index in [4.69, 9.17) is 5.11 Å². The molecule has 0 aliphatic heterocycles. The molecule has 0 bridgehead atoms.